The lowest BCUT2D eigenvalue weighted by molar-refractivity contribution is -0.0298. The number of nitrogens with one attached hydrogen (secondary N) is 2. The lowest BCUT2D eigenvalue weighted by Crippen LogP contribution is -2.60. The summed E-state index contributed by atoms with van der Waals surface area (Å²) in [7, 11) is 0. The van der Waals surface area contributed by atoms with Gasteiger partial charge in [0.15, 0.2) is 11.6 Å². The number of cyclic esters (lactones) is 1. The van der Waals surface area contributed by atoms with Gasteiger partial charge >= 0.3 is 12.1 Å². The van der Waals surface area contributed by atoms with Gasteiger partial charge in [0.05, 0.1) is 11.2 Å². The van der Waals surface area contributed by atoms with Gasteiger partial charge in [0.25, 0.3) is 0 Å². The molecule has 8 nitrogen and oxygen atoms in total. The predicted molar refractivity (Wildman–Crippen MR) is 128 cm³/mol. The first-order valence-corrected chi connectivity index (χ1v) is 11.9. The van der Waals surface area contributed by atoms with Crippen molar-refractivity contribution in [3.8, 4) is 0 Å². The van der Waals surface area contributed by atoms with E-state index in [1.807, 2.05) is 18.2 Å². The van der Waals surface area contributed by atoms with Gasteiger partial charge in [0, 0.05) is 12.7 Å². The summed E-state index contributed by atoms with van der Waals surface area (Å²) in [5, 5.41) is 17.6. The molecule has 1 aromatic heterocycles. The third-order valence-electron chi connectivity index (χ3n) is 7.70. The Balaban J connectivity index is 0.00000304. The molecule has 3 fully saturated rings. The van der Waals surface area contributed by atoms with Crippen molar-refractivity contribution >= 4 is 24.5 Å². The fourth-order valence-electron chi connectivity index (χ4n) is 5.69. The van der Waals surface area contributed by atoms with Gasteiger partial charge in [-0.15, -0.1) is 12.4 Å². The fourth-order valence-corrected chi connectivity index (χ4v) is 5.69. The van der Waals surface area contributed by atoms with Crippen LogP contribution in [0.3, 0.4) is 0 Å². The van der Waals surface area contributed by atoms with E-state index in [2.05, 4.69) is 15.6 Å². The minimum atomic E-state index is -1.05. The van der Waals surface area contributed by atoms with E-state index < -0.39 is 40.9 Å². The summed E-state index contributed by atoms with van der Waals surface area (Å²) in [5.74, 6) is -1.99. The molecule has 2 aliphatic heterocycles. The Kier molecular flexibility index (Phi) is 7.49. The fraction of sp³-hybridized carbons (Fsp3) is 0.480. The van der Waals surface area contributed by atoms with Gasteiger partial charge in [0.1, 0.15) is 18.2 Å². The van der Waals surface area contributed by atoms with E-state index in [-0.39, 0.29) is 30.5 Å². The Hall–Kier alpha value is -2.82. The van der Waals surface area contributed by atoms with Crippen LogP contribution in [0.1, 0.15) is 49.4 Å². The van der Waals surface area contributed by atoms with Crippen LogP contribution in [-0.2, 0) is 10.3 Å². The minimum absolute atomic E-state index is 0. The summed E-state index contributed by atoms with van der Waals surface area (Å²) >= 11 is 0. The molecule has 0 spiro atoms. The maximum absolute atomic E-state index is 13.8. The Morgan fingerprint density at radius 3 is 2.58 bits per heavy atom. The zero-order valence-corrected chi connectivity index (χ0v) is 20.4. The van der Waals surface area contributed by atoms with E-state index in [4.69, 9.17) is 4.74 Å². The van der Waals surface area contributed by atoms with Crippen LogP contribution in [-0.4, -0.2) is 52.4 Å². The average Bonchev–Trinajstić information content (AvgIpc) is 3.49. The lowest BCUT2D eigenvalue weighted by atomic mass is 9.68. The number of nitrogens with zero attached hydrogens (tertiary/aromatic N) is 2. The van der Waals surface area contributed by atoms with Gasteiger partial charge in [-0.05, 0) is 74.4 Å². The van der Waals surface area contributed by atoms with E-state index in [0.29, 0.717) is 50.9 Å². The van der Waals surface area contributed by atoms with Crippen molar-refractivity contribution in [1.29, 1.82) is 0 Å². The van der Waals surface area contributed by atoms with Crippen molar-refractivity contribution in [2.75, 3.05) is 19.7 Å². The summed E-state index contributed by atoms with van der Waals surface area (Å²) in [4.78, 5) is 31.1. The molecule has 36 heavy (non-hydrogen) atoms. The molecule has 3 N–H and O–H groups in total. The second-order valence-electron chi connectivity index (χ2n) is 9.67. The van der Waals surface area contributed by atoms with Crippen LogP contribution in [0.5, 0.6) is 0 Å². The van der Waals surface area contributed by atoms with Gasteiger partial charge in [-0.25, -0.2) is 23.3 Å². The average molecular weight is 523 g/mol. The number of benzene rings is 1. The summed E-state index contributed by atoms with van der Waals surface area (Å²) in [6.07, 6.45) is 3.88. The van der Waals surface area contributed by atoms with E-state index in [1.165, 1.54) is 6.07 Å². The van der Waals surface area contributed by atoms with E-state index in [1.54, 1.807) is 6.20 Å². The van der Waals surface area contributed by atoms with Gasteiger partial charge in [-0.1, -0.05) is 12.1 Å². The molecule has 2 aromatic rings. The predicted octanol–water partition coefficient (Wildman–Crippen LogP) is 3.79. The Labute approximate surface area is 213 Å². The van der Waals surface area contributed by atoms with Crippen molar-refractivity contribution in [3.63, 3.8) is 0 Å². The molecule has 5 rings (SSSR count). The molecule has 1 aliphatic carbocycles. The second-order valence-corrected chi connectivity index (χ2v) is 9.67. The largest absolute Gasteiger partial charge is 0.446 e. The first kappa shape index (κ1) is 26.2. The minimum Gasteiger partial charge on any atom is -0.446 e. The van der Waals surface area contributed by atoms with Crippen LogP contribution < -0.4 is 10.6 Å². The van der Waals surface area contributed by atoms with Gasteiger partial charge < -0.3 is 20.5 Å². The molecule has 2 saturated heterocycles. The number of urea groups is 1. The summed E-state index contributed by atoms with van der Waals surface area (Å²) < 4.78 is 32.3. The van der Waals surface area contributed by atoms with Crippen molar-refractivity contribution in [2.24, 2.45) is 5.92 Å². The summed E-state index contributed by atoms with van der Waals surface area (Å²) in [6, 6.07) is 7.30. The highest BCUT2D eigenvalue weighted by Crippen LogP contribution is 2.44. The van der Waals surface area contributed by atoms with E-state index >= 15 is 0 Å². The van der Waals surface area contributed by atoms with E-state index in [0.717, 1.165) is 17.0 Å². The molecule has 0 bridgehead atoms. The molecule has 3 amide bonds. The third kappa shape index (κ3) is 4.77. The lowest BCUT2D eigenvalue weighted by Gasteiger charge is -2.44. The number of halogens is 3. The molecule has 0 radical (unpaired) electrons. The quantitative estimate of drug-likeness (QED) is 0.564. The van der Waals surface area contributed by atoms with Crippen LogP contribution in [0.25, 0.3) is 0 Å². The number of hydrogen-bond donors (Lipinski definition) is 3. The van der Waals surface area contributed by atoms with Crippen LogP contribution in [0, 0.1) is 17.6 Å². The number of aliphatic hydroxyl groups is 1. The molecule has 0 unspecified atom stereocenters. The van der Waals surface area contributed by atoms with Gasteiger partial charge in [0.2, 0.25) is 0 Å². The molecule has 3 aliphatic rings. The SMILES string of the molecule is Cl.O=C(N[C@@]1([C@H]2CC[C@](O)(c3ccccn3)CC2)CCNC1)N1C(=O)OC[C@@H]1c1ccc(F)c(F)c1. The highest BCUT2D eigenvalue weighted by atomic mass is 35.5. The van der Waals surface area contributed by atoms with Crippen molar-refractivity contribution < 1.29 is 28.2 Å². The molecule has 194 valence electrons. The molecule has 2 atom stereocenters. The normalized spacial score (nSPS) is 30.0. The Morgan fingerprint density at radius 2 is 1.94 bits per heavy atom. The first-order chi connectivity index (χ1) is 16.8. The number of hydrogen-bond acceptors (Lipinski definition) is 6. The third-order valence-corrected chi connectivity index (χ3v) is 7.70. The maximum Gasteiger partial charge on any atom is 0.418 e. The first-order valence-electron chi connectivity index (χ1n) is 11.9. The van der Waals surface area contributed by atoms with Crippen molar-refractivity contribution in [2.45, 2.75) is 49.3 Å². The van der Waals surface area contributed by atoms with Crippen molar-refractivity contribution in [1.82, 2.24) is 20.5 Å². The van der Waals surface area contributed by atoms with Gasteiger partial charge in [-0.2, -0.15) is 0 Å². The zero-order chi connectivity index (χ0) is 24.6. The molecule has 1 aromatic carbocycles. The van der Waals surface area contributed by atoms with Gasteiger partial charge in [-0.3, -0.25) is 4.98 Å². The number of amides is 3. The Morgan fingerprint density at radius 1 is 1.17 bits per heavy atom. The number of carbonyl (C=O) groups excluding carboxylic acids is 2. The molecular weight excluding hydrogens is 494 g/mol. The molecule has 11 heteroatoms. The molecule has 1 saturated carbocycles. The number of rotatable bonds is 4. The monoisotopic (exact) mass is 522 g/mol. The highest BCUT2D eigenvalue weighted by Gasteiger charge is 2.49. The molecule has 3 heterocycles. The summed E-state index contributed by atoms with van der Waals surface area (Å²) in [5.41, 5.74) is -0.688. The standard InChI is InChI=1S/C25H28F2N4O4.ClH/c26-18-5-4-16(13-19(18)27)20-14-35-23(33)31(20)22(32)30-24(10-12-28-15-24)17-6-8-25(34,9-7-17)21-3-1-2-11-29-21;/h1-5,11,13,17,20,28,34H,6-10,12,14-15H2,(H,30,32);1H/t17-,20-,24+,25+;/m1./s1. The van der Waals surface area contributed by atoms with Crippen LogP contribution in [0.4, 0.5) is 18.4 Å². The van der Waals surface area contributed by atoms with Crippen LogP contribution in [0.2, 0.25) is 0 Å². The maximum atomic E-state index is 13.8. The highest BCUT2D eigenvalue weighted by molar-refractivity contribution is 5.93. The number of pyridine rings is 1. The number of aromatic nitrogens is 1. The van der Waals surface area contributed by atoms with E-state index in [9.17, 15) is 23.5 Å². The van der Waals surface area contributed by atoms with Crippen molar-refractivity contribution in [3.05, 3.63) is 65.5 Å². The number of ether oxygens (including phenoxy) is 1. The Bertz CT molecular complexity index is 1110. The number of carbonyl (C=O) groups is 2. The summed E-state index contributed by atoms with van der Waals surface area (Å²) in [6.45, 7) is 1.10. The smallest absolute Gasteiger partial charge is 0.418 e. The number of imide groups is 1. The zero-order valence-electron chi connectivity index (χ0n) is 19.6. The van der Waals surface area contributed by atoms with Crippen LogP contribution >= 0.6 is 12.4 Å². The molecular formula is C25H29ClF2N4O4. The topological polar surface area (TPSA) is 104 Å². The van der Waals surface area contributed by atoms with Crippen LogP contribution in [0.15, 0.2) is 42.6 Å². The second kappa shape index (κ2) is 10.3.